The molecule has 0 amide bonds. The summed E-state index contributed by atoms with van der Waals surface area (Å²) in [6.45, 7) is 8.42. The first-order valence-electron chi connectivity index (χ1n) is 8.91. The third-order valence-corrected chi connectivity index (χ3v) is 5.19. The van der Waals surface area contributed by atoms with E-state index in [1.807, 2.05) is 30.8 Å². The van der Waals surface area contributed by atoms with Gasteiger partial charge in [-0.3, -0.25) is 4.68 Å². The van der Waals surface area contributed by atoms with Crippen LogP contribution in [0.25, 0.3) is 0 Å². The predicted octanol–water partition coefficient (Wildman–Crippen LogP) is 3.41. The quantitative estimate of drug-likeness (QED) is 0.320. The van der Waals surface area contributed by atoms with Crippen molar-refractivity contribution in [3.63, 3.8) is 0 Å². The Labute approximate surface area is 159 Å². The second-order valence-electron chi connectivity index (χ2n) is 6.05. The highest BCUT2D eigenvalue weighted by molar-refractivity contribution is 7.99. The zero-order valence-electron chi connectivity index (χ0n) is 16.0. The third-order valence-electron chi connectivity index (χ3n) is 4.09. The standard InChI is InChI=1S/C19H28FN5S/c1-5-21-19(23-13-18-14(2)24-25(4)15(18)3)22-11-6-12-26-17-9-7-16(20)8-10-17/h7-10H,5-6,11-13H2,1-4H3,(H2,21,22,23). The van der Waals surface area contributed by atoms with Gasteiger partial charge in [-0.05, 0) is 57.2 Å². The number of thioether (sulfide) groups is 1. The smallest absolute Gasteiger partial charge is 0.191 e. The summed E-state index contributed by atoms with van der Waals surface area (Å²) in [5.41, 5.74) is 3.36. The molecule has 1 aromatic heterocycles. The molecule has 1 aromatic carbocycles. The molecule has 0 saturated carbocycles. The van der Waals surface area contributed by atoms with Crippen LogP contribution in [0.15, 0.2) is 34.2 Å². The summed E-state index contributed by atoms with van der Waals surface area (Å²) in [5, 5.41) is 11.1. The summed E-state index contributed by atoms with van der Waals surface area (Å²) in [5.74, 6) is 1.60. The van der Waals surface area contributed by atoms with Crippen LogP contribution in [-0.2, 0) is 13.6 Å². The number of halogens is 1. The van der Waals surface area contributed by atoms with E-state index in [1.165, 1.54) is 17.7 Å². The monoisotopic (exact) mass is 377 g/mol. The van der Waals surface area contributed by atoms with Crippen LogP contribution in [0.1, 0.15) is 30.3 Å². The van der Waals surface area contributed by atoms with E-state index in [9.17, 15) is 4.39 Å². The Balaban J connectivity index is 1.79. The minimum absolute atomic E-state index is 0.193. The normalized spacial score (nSPS) is 11.7. The Hall–Kier alpha value is -2.02. The highest BCUT2D eigenvalue weighted by Gasteiger charge is 2.08. The molecule has 0 bridgehead atoms. The number of hydrogen-bond donors (Lipinski definition) is 2. The molecule has 0 radical (unpaired) electrons. The van der Waals surface area contributed by atoms with Crippen molar-refractivity contribution in [2.24, 2.45) is 12.0 Å². The molecule has 7 heteroatoms. The molecule has 0 spiro atoms. The highest BCUT2D eigenvalue weighted by Crippen LogP contribution is 2.18. The first-order valence-corrected chi connectivity index (χ1v) is 9.89. The van der Waals surface area contributed by atoms with Crippen molar-refractivity contribution in [3.05, 3.63) is 47.0 Å². The molecule has 142 valence electrons. The Kier molecular flexibility index (Phi) is 7.97. The van der Waals surface area contributed by atoms with Gasteiger partial charge >= 0.3 is 0 Å². The number of guanidine groups is 1. The molecule has 0 unspecified atom stereocenters. The topological polar surface area (TPSA) is 54.2 Å². The zero-order valence-corrected chi connectivity index (χ0v) is 16.8. The third kappa shape index (κ3) is 6.05. The maximum Gasteiger partial charge on any atom is 0.191 e. The van der Waals surface area contributed by atoms with Crippen LogP contribution >= 0.6 is 11.8 Å². The van der Waals surface area contributed by atoms with Gasteiger partial charge in [0.1, 0.15) is 5.82 Å². The number of nitrogens with one attached hydrogen (secondary N) is 2. The Morgan fingerprint density at radius 1 is 1.23 bits per heavy atom. The first-order chi connectivity index (χ1) is 12.5. The summed E-state index contributed by atoms with van der Waals surface area (Å²) in [4.78, 5) is 5.77. The van der Waals surface area contributed by atoms with Gasteiger partial charge in [0.05, 0.1) is 12.2 Å². The number of aryl methyl sites for hydroxylation is 2. The van der Waals surface area contributed by atoms with Gasteiger partial charge in [-0.1, -0.05) is 0 Å². The van der Waals surface area contributed by atoms with E-state index in [-0.39, 0.29) is 5.82 Å². The molecule has 2 rings (SSSR count). The van der Waals surface area contributed by atoms with Gasteiger partial charge in [0.25, 0.3) is 0 Å². The second-order valence-corrected chi connectivity index (χ2v) is 7.22. The van der Waals surface area contributed by atoms with E-state index in [2.05, 4.69) is 34.6 Å². The average Bonchev–Trinajstić information content (AvgIpc) is 2.86. The van der Waals surface area contributed by atoms with Gasteiger partial charge in [0.15, 0.2) is 5.96 Å². The van der Waals surface area contributed by atoms with E-state index >= 15 is 0 Å². The fourth-order valence-electron chi connectivity index (χ4n) is 2.55. The molecule has 0 aliphatic rings. The summed E-state index contributed by atoms with van der Waals surface area (Å²) < 4.78 is 14.8. The Morgan fingerprint density at radius 3 is 2.58 bits per heavy atom. The lowest BCUT2D eigenvalue weighted by Crippen LogP contribution is -2.37. The van der Waals surface area contributed by atoms with E-state index in [1.54, 1.807) is 11.8 Å². The Bertz CT molecular complexity index is 724. The van der Waals surface area contributed by atoms with Crippen LogP contribution in [0.4, 0.5) is 4.39 Å². The molecular formula is C19H28FN5S. The largest absolute Gasteiger partial charge is 0.357 e. The van der Waals surface area contributed by atoms with Gasteiger partial charge in [0, 0.05) is 36.3 Å². The molecule has 2 aromatic rings. The summed E-state index contributed by atoms with van der Waals surface area (Å²) in [6, 6.07) is 6.63. The van der Waals surface area contributed by atoms with Crippen molar-refractivity contribution in [1.82, 2.24) is 20.4 Å². The highest BCUT2D eigenvalue weighted by atomic mass is 32.2. The second kappa shape index (κ2) is 10.2. The molecule has 0 fully saturated rings. The summed E-state index contributed by atoms with van der Waals surface area (Å²) in [7, 11) is 1.96. The maximum atomic E-state index is 12.9. The fraction of sp³-hybridized carbons (Fsp3) is 0.474. The molecule has 2 N–H and O–H groups in total. The van der Waals surface area contributed by atoms with Crippen molar-refractivity contribution in [2.45, 2.75) is 38.6 Å². The van der Waals surface area contributed by atoms with Crippen molar-refractivity contribution in [2.75, 3.05) is 18.8 Å². The molecular weight excluding hydrogens is 349 g/mol. The van der Waals surface area contributed by atoms with Crippen LogP contribution in [0.5, 0.6) is 0 Å². The van der Waals surface area contributed by atoms with Crippen LogP contribution < -0.4 is 10.6 Å². The minimum Gasteiger partial charge on any atom is -0.357 e. The lowest BCUT2D eigenvalue weighted by molar-refractivity contribution is 0.626. The van der Waals surface area contributed by atoms with Gasteiger partial charge in [-0.15, -0.1) is 11.8 Å². The average molecular weight is 378 g/mol. The van der Waals surface area contributed by atoms with Crippen molar-refractivity contribution in [3.8, 4) is 0 Å². The number of rotatable bonds is 8. The fourth-order valence-corrected chi connectivity index (χ4v) is 3.40. The van der Waals surface area contributed by atoms with Gasteiger partial charge in [0.2, 0.25) is 0 Å². The molecule has 0 aliphatic carbocycles. The zero-order chi connectivity index (χ0) is 18.9. The van der Waals surface area contributed by atoms with Crippen LogP contribution in [0.3, 0.4) is 0 Å². The number of hydrogen-bond acceptors (Lipinski definition) is 3. The van der Waals surface area contributed by atoms with E-state index in [0.29, 0.717) is 6.54 Å². The summed E-state index contributed by atoms with van der Waals surface area (Å²) >= 11 is 1.73. The molecule has 5 nitrogen and oxygen atoms in total. The van der Waals surface area contributed by atoms with Crippen LogP contribution in [0, 0.1) is 19.7 Å². The minimum atomic E-state index is -0.193. The first kappa shape index (κ1) is 20.3. The lowest BCUT2D eigenvalue weighted by atomic mass is 10.2. The van der Waals surface area contributed by atoms with Crippen molar-refractivity contribution in [1.29, 1.82) is 0 Å². The van der Waals surface area contributed by atoms with Crippen LogP contribution in [-0.4, -0.2) is 34.6 Å². The number of aromatic nitrogens is 2. The van der Waals surface area contributed by atoms with Crippen LogP contribution in [0.2, 0.25) is 0 Å². The maximum absolute atomic E-state index is 12.9. The molecule has 26 heavy (non-hydrogen) atoms. The molecule has 0 atom stereocenters. The summed E-state index contributed by atoms with van der Waals surface area (Å²) in [6.07, 6.45) is 0.997. The number of benzene rings is 1. The Morgan fingerprint density at radius 2 is 1.96 bits per heavy atom. The van der Waals surface area contributed by atoms with E-state index < -0.39 is 0 Å². The van der Waals surface area contributed by atoms with Gasteiger partial charge in [-0.2, -0.15) is 5.10 Å². The van der Waals surface area contributed by atoms with Crippen molar-refractivity contribution >= 4 is 17.7 Å². The molecule has 0 aliphatic heterocycles. The van der Waals surface area contributed by atoms with Crippen molar-refractivity contribution < 1.29 is 4.39 Å². The predicted molar refractivity (Wildman–Crippen MR) is 107 cm³/mol. The lowest BCUT2D eigenvalue weighted by Gasteiger charge is -2.11. The van der Waals surface area contributed by atoms with Gasteiger partial charge < -0.3 is 10.6 Å². The number of nitrogens with zero attached hydrogens (tertiary/aromatic N) is 3. The van der Waals surface area contributed by atoms with Gasteiger partial charge in [-0.25, -0.2) is 9.38 Å². The molecule has 1 heterocycles. The SMILES string of the molecule is CCNC(=NCc1c(C)nn(C)c1C)NCCCSc1ccc(F)cc1. The van der Waals surface area contributed by atoms with E-state index in [0.717, 1.165) is 47.5 Å². The molecule has 0 saturated heterocycles. The van der Waals surface area contributed by atoms with E-state index in [4.69, 9.17) is 0 Å². The number of aliphatic imine (C=N–C) groups is 1.